The van der Waals surface area contributed by atoms with Gasteiger partial charge in [0, 0.05) is 8.04 Å². The first kappa shape index (κ1) is 14.5. The van der Waals surface area contributed by atoms with E-state index in [2.05, 4.69) is 75.2 Å². The van der Waals surface area contributed by atoms with Crippen LogP contribution in [0.15, 0.2) is 34.3 Å². The van der Waals surface area contributed by atoms with Gasteiger partial charge in [0.2, 0.25) is 0 Å². The maximum atomic E-state index is 3.69. The summed E-state index contributed by atoms with van der Waals surface area (Å²) < 4.78 is 2.49. The van der Waals surface area contributed by atoms with Crippen LogP contribution in [-0.4, -0.2) is 7.05 Å². The molecule has 1 unspecified atom stereocenters. The van der Waals surface area contributed by atoms with Crippen molar-refractivity contribution in [2.24, 2.45) is 0 Å². The number of halogens is 2. The second kappa shape index (κ2) is 7.06. The minimum absolute atomic E-state index is 0.354. The largest absolute Gasteiger partial charge is 0.310 e. The molecule has 98 valence electrons. The number of hydrogen-bond acceptors (Lipinski definition) is 1. The van der Waals surface area contributed by atoms with Crippen molar-refractivity contribution in [1.29, 1.82) is 0 Å². The lowest BCUT2D eigenvalue weighted by Crippen LogP contribution is -2.19. The molecule has 1 atom stereocenters. The molecule has 1 aliphatic rings. The zero-order valence-corrected chi connectivity index (χ0v) is 14.4. The molecule has 0 saturated heterocycles. The lowest BCUT2D eigenvalue weighted by Gasteiger charge is -2.21. The Morgan fingerprint density at radius 1 is 1.28 bits per heavy atom. The summed E-state index contributed by atoms with van der Waals surface area (Å²) in [7, 11) is 2.06. The number of likely N-dealkylation sites (N-methyl/N-ethyl adjacent to an activating group) is 1. The van der Waals surface area contributed by atoms with Crippen molar-refractivity contribution in [3.63, 3.8) is 0 Å². The standard InChI is InChI=1S/C15H19BrIN/c1-18-15(11-6-4-2-3-5-7-11)13-10-12(17)8-9-14(13)16/h6,8-10,15,18H,2-5,7H2,1H3. The summed E-state index contributed by atoms with van der Waals surface area (Å²) in [6, 6.07) is 6.92. The Labute approximate surface area is 132 Å². The van der Waals surface area contributed by atoms with E-state index in [9.17, 15) is 0 Å². The van der Waals surface area contributed by atoms with Crippen molar-refractivity contribution in [2.75, 3.05) is 7.05 Å². The van der Waals surface area contributed by atoms with Crippen LogP contribution in [0.5, 0.6) is 0 Å². The van der Waals surface area contributed by atoms with E-state index in [1.807, 2.05) is 0 Å². The van der Waals surface area contributed by atoms with Crippen LogP contribution in [0.3, 0.4) is 0 Å². The first-order valence-electron chi connectivity index (χ1n) is 6.53. The van der Waals surface area contributed by atoms with E-state index in [0.717, 1.165) is 0 Å². The molecule has 1 N–H and O–H groups in total. The predicted molar refractivity (Wildman–Crippen MR) is 89.8 cm³/mol. The Bertz CT molecular complexity index is 442. The summed E-state index contributed by atoms with van der Waals surface area (Å²) in [5.74, 6) is 0. The van der Waals surface area contributed by atoms with E-state index in [1.54, 1.807) is 5.57 Å². The van der Waals surface area contributed by atoms with Crippen LogP contribution in [0.1, 0.15) is 43.7 Å². The van der Waals surface area contributed by atoms with Gasteiger partial charge < -0.3 is 5.32 Å². The number of rotatable bonds is 3. The molecule has 0 amide bonds. The molecule has 0 aromatic heterocycles. The van der Waals surface area contributed by atoms with Crippen LogP contribution in [-0.2, 0) is 0 Å². The van der Waals surface area contributed by atoms with Gasteiger partial charge in [-0.1, -0.05) is 34.0 Å². The Kier molecular flexibility index (Phi) is 5.70. The minimum atomic E-state index is 0.354. The summed E-state index contributed by atoms with van der Waals surface area (Å²) in [4.78, 5) is 0. The van der Waals surface area contributed by atoms with Crippen molar-refractivity contribution in [2.45, 2.75) is 38.1 Å². The average molecular weight is 420 g/mol. The Morgan fingerprint density at radius 2 is 2.11 bits per heavy atom. The van der Waals surface area contributed by atoms with Gasteiger partial charge in [-0.15, -0.1) is 0 Å². The number of allylic oxidation sites excluding steroid dienone is 1. The van der Waals surface area contributed by atoms with Crippen LogP contribution >= 0.6 is 38.5 Å². The second-order valence-corrected chi connectivity index (χ2v) is 6.87. The predicted octanol–water partition coefficient (Wildman–Crippen LogP) is 5.20. The van der Waals surface area contributed by atoms with E-state index >= 15 is 0 Å². The van der Waals surface area contributed by atoms with Crippen molar-refractivity contribution < 1.29 is 0 Å². The lowest BCUT2D eigenvalue weighted by molar-refractivity contribution is 0.626. The molecular formula is C15H19BrIN. The maximum Gasteiger partial charge on any atom is 0.0545 e. The summed E-state index contributed by atoms with van der Waals surface area (Å²) in [6.45, 7) is 0. The van der Waals surface area contributed by atoms with E-state index < -0.39 is 0 Å². The zero-order valence-electron chi connectivity index (χ0n) is 10.7. The first-order chi connectivity index (χ1) is 8.72. The topological polar surface area (TPSA) is 12.0 Å². The fourth-order valence-corrected chi connectivity index (χ4v) is 3.57. The van der Waals surface area contributed by atoms with E-state index in [0.29, 0.717) is 6.04 Å². The molecule has 1 nitrogen and oxygen atoms in total. The molecule has 2 rings (SSSR count). The van der Waals surface area contributed by atoms with Crippen molar-refractivity contribution in [1.82, 2.24) is 5.32 Å². The molecule has 0 radical (unpaired) electrons. The third-order valence-corrected chi connectivity index (χ3v) is 4.90. The molecule has 3 heteroatoms. The van der Waals surface area contributed by atoms with Crippen molar-refractivity contribution >= 4 is 38.5 Å². The Hall–Kier alpha value is 0.130. The Balaban J connectivity index is 2.32. The molecule has 1 aromatic carbocycles. The molecule has 0 spiro atoms. The van der Waals surface area contributed by atoms with Crippen LogP contribution < -0.4 is 5.32 Å². The smallest absolute Gasteiger partial charge is 0.0545 e. The first-order valence-corrected chi connectivity index (χ1v) is 8.40. The summed E-state index contributed by atoms with van der Waals surface area (Å²) >= 11 is 6.07. The van der Waals surface area contributed by atoms with Crippen LogP contribution in [0.2, 0.25) is 0 Å². The summed E-state index contributed by atoms with van der Waals surface area (Å²) in [6.07, 6.45) is 8.93. The highest BCUT2D eigenvalue weighted by atomic mass is 127. The van der Waals surface area contributed by atoms with Gasteiger partial charge in [-0.25, -0.2) is 0 Å². The highest BCUT2D eigenvalue weighted by Gasteiger charge is 2.18. The Morgan fingerprint density at radius 3 is 2.89 bits per heavy atom. The van der Waals surface area contributed by atoms with Crippen LogP contribution in [0.25, 0.3) is 0 Å². The molecule has 1 aliphatic carbocycles. The fourth-order valence-electron chi connectivity index (χ4n) is 2.58. The van der Waals surface area contributed by atoms with Gasteiger partial charge in [-0.2, -0.15) is 0 Å². The van der Waals surface area contributed by atoms with Gasteiger partial charge in [0.05, 0.1) is 6.04 Å². The lowest BCUT2D eigenvalue weighted by atomic mass is 9.95. The average Bonchev–Trinajstić information content (AvgIpc) is 2.64. The second-order valence-electron chi connectivity index (χ2n) is 4.77. The maximum absolute atomic E-state index is 3.69. The number of benzene rings is 1. The fraction of sp³-hybridized carbons (Fsp3) is 0.467. The van der Waals surface area contributed by atoms with E-state index in [4.69, 9.17) is 0 Å². The van der Waals surface area contributed by atoms with E-state index in [1.165, 1.54) is 45.7 Å². The van der Waals surface area contributed by atoms with Gasteiger partial charge in [0.1, 0.15) is 0 Å². The van der Waals surface area contributed by atoms with Gasteiger partial charge in [0.15, 0.2) is 0 Å². The molecular weight excluding hydrogens is 401 g/mol. The molecule has 0 fully saturated rings. The van der Waals surface area contributed by atoms with Crippen molar-refractivity contribution in [3.8, 4) is 0 Å². The van der Waals surface area contributed by atoms with Crippen LogP contribution in [0.4, 0.5) is 0 Å². The van der Waals surface area contributed by atoms with Gasteiger partial charge in [0.25, 0.3) is 0 Å². The highest BCUT2D eigenvalue weighted by molar-refractivity contribution is 14.1. The normalized spacial score (nSPS) is 18.1. The molecule has 1 aromatic rings. The van der Waals surface area contributed by atoms with E-state index in [-0.39, 0.29) is 0 Å². The molecule has 0 heterocycles. The van der Waals surface area contributed by atoms with Gasteiger partial charge >= 0.3 is 0 Å². The molecule has 18 heavy (non-hydrogen) atoms. The molecule has 0 saturated carbocycles. The summed E-state index contributed by atoms with van der Waals surface area (Å²) in [5.41, 5.74) is 2.91. The monoisotopic (exact) mass is 419 g/mol. The summed E-state index contributed by atoms with van der Waals surface area (Å²) in [5, 5.41) is 3.48. The highest BCUT2D eigenvalue weighted by Crippen LogP contribution is 2.33. The number of hydrogen-bond donors (Lipinski definition) is 1. The SMILES string of the molecule is CNC(C1=CCCCCC1)c1cc(I)ccc1Br. The molecule has 0 aliphatic heterocycles. The quantitative estimate of drug-likeness (QED) is 0.524. The third kappa shape index (κ3) is 3.58. The van der Waals surface area contributed by atoms with Crippen molar-refractivity contribution in [3.05, 3.63) is 43.5 Å². The zero-order chi connectivity index (χ0) is 13.0. The number of nitrogens with one attached hydrogen (secondary N) is 1. The van der Waals surface area contributed by atoms with Gasteiger partial charge in [-0.05, 0) is 79.1 Å². The van der Waals surface area contributed by atoms with Crippen LogP contribution in [0, 0.1) is 3.57 Å². The minimum Gasteiger partial charge on any atom is -0.310 e. The third-order valence-electron chi connectivity index (χ3n) is 3.50. The molecule has 0 bridgehead atoms. The van der Waals surface area contributed by atoms with Gasteiger partial charge in [-0.3, -0.25) is 0 Å².